The second-order valence-corrected chi connectivity index (χ2v) is 11.4. The Hall–Kier alpha value is -5.52. The highest BCUT2D eigenvalue weighted by Gasteiger charge is 2.18. The summed E-state index contributed by atoms with van der Waals surface area (Å²) in [5, 5.41) is 2.44. The van der Waals surface area contributed by atoms with Crippen LogP contribution in [-0.2, 0) is 0 Å². The van der Waals surface area contributed by atoms with Crippen LogP contribution in [0.5, 0.6) is 0 Å². The molecular weight excluding hydrogens is 545 g/mol. The molecule has 43 heavy (non-hydrogen) atoms. The number of hydrogen-bond acceptors (Lipinski definition) is 5. The molecule has 0 N–H and O–H groups in total. The minimum atomic E-state index is 0.657. The van der Waals surface area contributed by atoms with Crippen LogP contribution in [0.25, 0.3) is 76.6 Å². The molecule has 0 fully saturated rings. The van der Waals surface area contributed by atoms with Gasteiger partial charge in [0.05, 0.1) is 0 Å². The molecule has 0 saturated carbocycles. The minimum Gasteiger partial charge on any atom is -0.264 e. The lowest BCUT2D eigenvalue weighted by atomic mass is 9.97. The van der Waals surface area contributed by atoms with E-state index in [2.05, 4.69) is 71.7 Å². The average molecular weight is 569 g/mol. The predicted octanol–water partition coefficient (Wildman–Crippen LogP) is 9.97. The first-order valence-electron chi connectivity index (χ1n) is 14.1. The number of fused-ring (bicyclic) bond motifs is 3. The Morgan fingerprint density at radius 3 is 1.65 bits per heavy atom. The molecule has 0 amide bonds. The monoisotopic (exact) mass is 568 g/mol. The Labute approximate surface area is 253 Å². The standard InChI is InChI=1S/C38H24N4S/c1-3-10-27(11-4-1)36-40-37(28-12-5-2-6-13-28)42-38(41-36)33-23-30(22-32-31-15-7-8-16-34(31)43-35(32)33)26-19-17-25(18-20-26)29-14-9-21-39-24-29/h1-24H. The number of benzene rings is 5. The summed E-state index contributed by atoms with van der Waals surface area (Å²) < 4.78 is 2.41. The third-order valence-electron chi connectivity index (χ3n) is 7.63. The van der Waals surface area contributed by atoms with Crippen molar-refractivity contribution in [3.8, 4) is 56.4 Å². The zero-order valence-electron chi connectivity index (χ0n) is 23.1. The second-order valence-electron chi connectivity index (χ2n) is 10.4. The van der Waals surface area contributed by atoms with Crippen LogP contribution in [0.3, 0.4) is 0 Å². The van der Waals surface area contributed by atoms with Crippen LogP contribution in [0.1, 0.15) is 0 Å². The number of rotatable bonds is 5. The van der Waals surface area contributed by atoms with Gasteiger partial charge in [-0.3, -0.25) is 4.98 Å². The summed E-state index contributed by atoms with van der Waals surface area (Å²) in [5.41, 5.74) is 7.40. The molecule has 5 heteroatoms. The maximum Gasteiger partial charge on any atom is 0.165 e. The van der Waals surface area contributed by atoms with Gasteiger partial charge in [0.1, 0.15) is 0 Å². The number of thiophene rings is 1. The van der Waals surface area contributed by atoms with Crippen molar-refractivity contribution in [2.75, 3.05) is 0 Å². The lowest BCUT2D eigenvalue weighted by Crippen LogP contribution is -2.00. The first-order valence-corrected chi connectivity index (χ1v) is 15.0. The van der Waals surface area contributed by atoms with Gasteiger partial charge in [0.25, 0.3) is 0 Å². The third-order valence-corrected chi connectivity index (χ3v) is 8.85. The molecule has 202 valence electrons. The van der Waals surface area contributed by atoms with E-state index in [0.29, 0.717) is 17.5 Å². The molecule has 0 atom stereocenters. The molecule has 8 rings (SSSR count). The summed E-state index contributed by atoms with van der Waals surface area (Å²) in [6.45, 7) is 0. The fraction of sp³-hybridized carbons (Fsp3) is 0. The molecule has 0 saturated heterocycles. The van der Waals surface area contributed by atoms with E-state index in [1.807, 2.05) is 72.9 Å². The number of hydrogen-bond donors (Lipinski definition) is 0. The van der Waals surface area contributed by atoms with Gasteiger partial charge in [-0.2, -0.15) is 0 Å². The van der Waals surface area contributed by atoms with Crippen LogP contribution >= 0.6 is 11.3 Å². The maximum atomic E-state index is 5.09. The summed E-state index contributed by atoms with van der Waals surface area (Å²) >= 11 is 1.78. The predicted molar refractivity (Wildman–Crippen MR) is 178 cm³/mol. The first-order chi connectivity index (χ1) is 21.3. The Morgan fingerprint density at radius 2 is 1.00 bits per heavy atom. The van der Waals surface area contributed by atoms with Crippen LogP contribution in [0.15, 0.2) is 146 Å². The zero-order chi connectivity index (χ0) is 28.6. The van der Waals surface area contributed by atoms with Crippen molar-refractivity contribution in [3.63, 3.8) is 0 Å². The van der Waals surface area contributed by atoms with E-state index in [1.165, 1.54) is 20.2 Å². The van der Waals surface area contributed by atoms with Crippen LogP contribution in [0.4, 0.5) is 0 Å². The number of nitrogens with zero attached hydrogens (tertiary/aromatic N) is 4. The van der Waals surface area contributed by atoms with Crippen molar-refractivity contribution < 1.29 is 0 Å². The highest BCUT2D eigenvalue weighted by atomic mass is 32.1. The van der Waals surface area contributed by atoms with E-state index in [9.17, 15) is 0 Å². The van der Waals surface area contributed by atoms with Gasteiger partial charge in [0.2, 0.25) is 0 Å². The first kappa shape index (κ1) is 25.2. The van der Waals surface area contributed by atoms with Crippen molar-refractivity contribution in [1.29, 1.82) is 0 Å². The van der Waals surface area contributed by atoms with Gasteiger partial charge in [-0.15, -0.1) is 11.3 Å². The van der Waals surface area contributed by atoms with E-state index in [4.69, 9.17) is 15.0 Å². The summed E-state index contributed by atoms with van der Waals surface area (Å²) in [6.07, 6.45) is 3.69. The molecule has 0 aliphatic carbocycles. The lowest BCUT2D eigenvalue weighted by molar-refractivity contribution is 1.08. The Bertz CT molecular complexity index is 2150. The highest BCUT2D eigenvalue weighted by molar-refractivity contribution is 7.26. The molecule has 0 aliphatic heterocycles. The van der Waals surface area contributed by atoms with Crippen molar-refractivity contribution in [2.24, 2.45) is 0 Å². The zero-order valence-corrected chi connectivity index (χ0v) is 23.9. The van der Waals surface area contributed by atoms with E-state index < -0.39 is 0 Å². The molecule has 4 nitrogen and oxygen atoms in total. The number of pyridine rings is 1. The van der Waals surface area contributed by atoms with Crippen molar-refractivity contribution >= 4 is 31.5 Å². The second kappa shape index (κ2) is 10.7. The Kier molecular flexibility index (Phi) is 6.28. The van der Waals surface area contributed by atoms with Crippen LogP contribution < -0.4 is 0 Å². The molecule has 0 unspecified atom stereocenters. The Morgan fingerprint density at radius 1 is 0.419 bits per heavy atom. The quantitative estimate of drug-likeness (QED) is 0.207. The fourth-order valence-electron chi connectivity index (χ4n) is 5.48. The summed E-state index contributed by atoms with van der Waals surface area (Å²) in [7, 11) is 0. The van der Waals surface area contributed by atoms with Crippen LogP contribution in [-0.4, -0.2) is 19.9 Å². The fourth-order valence-corrected chi connectivity index (χ4v) is 6.67. The normalized spacial score (nSPS) is 11.3. The summed E-state index contributed by atoms with van der Waals surface area (Å²) in [4.78, 5) is 19.4. The van der Waals surface area contributed by atoms with Crippen LogP contribution in [0.2, 0.25) is 0 Å². The van der Waals surface area contributed by atoms with E-state index in [-0.39, 0.29) is 0 Å². The van der Waals surface area contributed by atoms with Crippen molar-refractivity contribution in [3.05, 3.63) is 146 Å². The smallest absolute Gasteiger partial charge is 0.165 e. The third kappa shape index (κ3) is 4.76. The molecule has 0 radical (unpaired) electrons. The molecule has 3 heterocycles. The van der Waals surface area contributed by atoms with Gasteiger partial charge in [0.15, 0.2) is 17.5 Å². The highest BCUT2D eigenvalue weighted by Crippen LogP contribution is 2.42. The van der Waals surface area contributed by atoms with Gasteiger partial charge in [-0.25, -0.2) is 15.0 Å². The maximum absolute atomic E-state index is 5.09. The van der Waals surface area contributed by atoms with Crippen molar-refractivity contribution in [2.45, 2.75) is 0 Å². The molecule has 0 bridgehead atoms. The van der Waals surface area contributed by atoms with E-state index in [0.717, 1.165) is 38.9 Å². The Balaban J connectivity index is 1.36. The van der Waals surface area contributed by atoms with E-state index >= 15 is 0 Å². The van der Waals surface area contributed by atoms with Gasteiger partial charge in [0, 0.05) is 49.3 Å². The van der Waals surface area contributed by atoms with Crippen LogP contribution in [0, 0.1) is 0 Å². The molecule has 3 aromatic heterocycles. The van der Waals surface area contributed by atoms with Gasteiger partial charge < -0.3 is 0 Å². The molecular formula is C38H24N4S. The van der Waals surface area contributed by atoms with E-state index in [1.54, 1.807) is 17.5 Å². The largest absolute Gasteiger partial charge is 0.264 e. The van der Waals surface area contributed by atoms with Gasteiger partial charge in [-0.05, 0) is 46.5 Å². The minimum absolute atomic E-state index is 0.657. The average Bonchev–Trinajstić information content (AvgIpc) is 3.48. The summed E-state index contributed by atoms with van der Waals surface area (Å²) in [6, 6.07) is 46.1. The molecule has 0 aliphatic rings. The molecule has 5 aromatic carbocycles. The molecule has 0 spiro atoms. The SMILES string of the molecule is c1ccc(-c2nc(-c3ccccc3)nc(-c3cc(-c4ccc(-c5cccnc5)cc4)cc4c3sc3ccccc34)n2)cc1. The lowest BCUT2D eigenvalue weighted by Gasteiger charge is -2.11. The van der Waals surface area contributed by atoms with Gasteiger partial charge >= 0.3 is 0 Å². The topological polar surface area (TPSA) is 51.6 Å². The molecule has 8 aromatic rings. The van der Waals surface area contributed by atoms with Gasteiger partial charge in [-0.1, -0.05) is 109 Å². The number of aromatic nitrogens is 4. The summed E-state index contributed by atoms with van der Waals surface area (Å²) in [5.74, 6) is 1.98. The van der Waals surface area contributed by atoms with Crippen molar-refractivity contribution in [1.82, 2.24) is 19.9 Å².